The van der Waals surface area contributed by atoms with Crippen LogP contribution in [0.2, 0.25) is 0 Å². The van der Waals surface area contributed by atoms with Gasteiger partial charge in [-0.2, -0.15) is 0 Å². The Morgan fingerprint density at radius 2 is 1.58 bits per heavy atom. The van der Waals surface area contributed by atoms with Crippen LogP contribution in [0.1, 0.15) is 86.0 Å². The van der Waals surface area contributed by atoms with Crippen molar-refractivity contribution < 1.29 is 69.6 Å². The van der Waals surface area contributed by atoms with Crippen LogP contribution in [0.25, 0.3) is 0 Å². The van der Waals surface area contributed by atoms with Crippen LogP contribution >= 0.6 is 0 Å². The van der Waals surface area contributed by atoms with Crippen molar-refractivity contribution in [3.63, 3.8) is 0 Å². The van der Waals surface area contributed by atoms with Crippen LogP contribution < -0.4 is 0 Å². The summed E-state index contributed by atoms with van der Waals surface area (Å²) in [5.74, 6) is -0.368. The molecule has 3 saturated carbocycles. The number of hydrogen-bond donors (Lipinski definition) is 9. The molecule has 304 valence electrons. The smallest absolute Gasteiger partial charge is 0.187 e. The molecule has 9 N–H and O–H groups in total. The SMILES string of the molecule is C[C@H](CC[C@]1(O)O[C@H]2C[C@H]3[C@@H]4CC=C5C[C@@H](O)C[C@@H](O[C@@H]6O[C@H](CO)[C@H](O)[C@H](O)[C@H]6O)[C@]5(C)[C@H]4CC[C@]3(C)[C@H]2[C@@H]1C)CO[C@@H]1O[C@@H](C)[C@H](O)[C@@H](O)[C@H]1O. The maximum Gasteiger partial charge on any atom is 0.187 e. The zero-order valence-corrected chi connectivity index (χ0v) is 31.7. The number of aliphatic hydroxyl groups is 9. The van der Waals surface area contributed by atoms with E-state index in [9.17, 15) is 46.0 Å². The summed E-state index contributed by atoms with van der Waals surface area (Å²) >= 11 is 0. The molecule has 7 rings (SSSR count). The van der Waals surface area contributed by atoms with Crippen LogP contribution in [-0.2, 0) is 23.7 Å². The molecule has 0 amide bonds. The van der Waals surface area contributed by atoms with Gasteiger partial charge in [-0.3, -0.25) is 0 Å². The lowest BCUT2D eigenvalue weighted by atomic mass is 9.46. The number of hydrogen-bond acceptors (Lipinski definition) is 14. The van der Waals surface area contributed by atoms with Crippen LogP contribution in [0.5, 0.6) is 0 Å². The van der Waals surface area contributed by atoms with Gasteiger partial charge >= 0.3 is 0 Å². The summed E-state index contributed by atoms with van der Waals surface area (Å²) in [5.41, 5.74) is 0.601. The van der Waals surface area contributed by atoms with Gasteiger partial charge in [-0.15, -0.1) is 0 Å². The highest BCUT2D eigenvalue weighted by atomic mass is 16.7. The molecule has 0 aromatic heterocycles. The van der Waals surface area contributed by atoms with Crippen LogP contribution in [-0.4, -0.2) is 145 Å². The first-order valence-corrected chi connectivity index (χ1v) is 20.0. The van der Waals surface area contributed by atoms with E-state index in [0.29, 0.717) is 37.5 Å². The molecule has 3 saturated heterocycles. The van der Waals surface area contributed by atoms with E-state index in [-0.39, 0.29) is 41.8 Å². The van der Waals surface area contributed by atoms with Crippen molar-refractivity contribution in [3.05, 3.63) is 11.6 Å². The summed E-state index contributed by atoms with van der Waals surface area (Å²) in [7, 11) is 0. The van der Waals surface area contributed by atoms with Gasteiger partial charge in [0.15, 0.2) is 18.4 Å². The Bertz CT molecular complexity index is 1330. The Kier molecular flexibility index (Phi) is 11.3. The summed E-state index contributed by atoms with van der Waals surface area (Å²) in [5, 5.41) is 94.8. The highest BCUT2D eigenvalue weighted by molar-refractivity contribution is 5.28. The van der Waals surface area contributed by atoms with Gasteiger partial charge < -0.3 is 69.6 Å². The zero-order chi connectivity index (χ0) is 38.4. The van der Waals surface area contributed by atoms with E-state index in [1.165, 1.54) is 0 Å². The molecule has 53 heavy (non-hydrogen) atoms. The lowest BCUT2D eigenvalue weighted by Crippen LogP contribution is -2.62. The average molecular weight is 757 g/mol. The standard InChI is InChI=1S/C39H64O14/c1-17(16-49-35-33(46)31(44)29(42)19(3)50-35)8-11-39(48)18(2)28-25(53-39)14-24-22-7-6-20-12-21(41)13-27(38(20,5)23(22)9-10-37(24,28)4)52-36-34(47)32(45)30(43)26(15-40)51-36/h6,17-19,21-36,40-48H,7-16H2,1-5H3/t17-,18+,19+,21-,22-,23+,24+,25+,26-,27-,28+,29+,30+,31-,32+,33-,34-,35-,36+,37+,38+,39+/m1/s1. The van der Waals surface area contributed by atoms with E-state index in [1.54, 1.807) is 6.92 Å². The molecular formula is C39H64O14. The Labute approximate surface area is 312 Å². The van der Waals surface area contributed by atoms with Gasteiger partial charge in [0.05, 0.1) is 37.6 Å². The summed E-state index contributed by atoms with van der Waals surface area (Å²) in [6.45, 7) is 9.99. The van der Waals surface area contributed by atoms with Gasteiger partial charge in [-0.25, -0.2) is 0 Å². The quantitative estimate of drug-likeness (QED) is 0.145. The van der Waals surface area contributed by atoms with Gasteiger partial charge in [0.25, 0.3) is 0 Å². The van der Waals surface area contributed by atoms with Crippen molar-refractivity contribution >= 4 is 0 Å². The molecular weight excluding hydrogens is 692 g/mol. The largest absolute Gasteiger partial charge is 0.394 e. The second-order valence-corrected chi connectivity index (χ2v) is 18.3. The van der Waals surface area contributed by atoms with Crippen LogP contribution in [0.15, 0.2) is 11.6 Å². The van der Waals surface area contributed by atoms with Crippen LogP contribution in [0.3, 0.4) is 0 Å². The summed E-state index contributed by atoms with van der Waals surface area (Å²) in [6.07, 6.45) is -6.10. The molecule has 7 aliphatic rings. The van der Waals surface area contributed by atoms with E-state index in [4.69, 9.17) is 23.7 Å². The molecule has 3 aliphatic heterocycles. The molecule has 14 heteroatoms. The van der Waals surface area contributed by atoms with E-state index >= 15 is 0 Å². The average Bonchev–Trinajstić information content (AvgIpc) is 3.56. The van der Waals surface area contributed by atoms with Gasteiger partial charge in [0, 0.05) is 24.2 Å². The molecule has 0 aromatic rings. The minimum atomic E-state index is -1.55. The number of fused-ring (bicyclic) bond motifs is 7. The lowest BCUT2D eigenvalue weighted by molar-refractivity contribution is -0.324. The Morgan fingerprint density at radius 3 is 2.30 bits per heavy atom. The molecule has 0 spiro atoms. The molecule has 6 fully saturated rings. The molecule has 22 atom stereocenters. The van der Waals surface area contributed by atoms with E-state index < -0.39 is 91.4 Å². The van der Waals surface area contributed by atoms with Gasteiger partial charge in [-0.05, 0) is 80.5 Å². The third-order valence-electron chi connectivity index (χ3n) is 15.3. The van der Waals surface area contributed by atoms with Crippen molar-refractivity contribution in [1.82, 2.24) is 0 Å². The number of rotatable bonds is 9. The second-order valence-electron chi connectivity index (χ2n) is 18.3. The zero-order valence-electron chi connectivity index (χ0n) is 31.7. The summed E-state index contributed by atoms with van der Waals surface area (Å²) in [4.78, 5) is 0. The maximum absolute atomic E-state index is 12.0. The highest BCUT2D eigenvalue weighted by Gasteiger charge is 2.68. The second kappa shape index (κ2) is 14.8. The first-order chi connectivity index (χ1) is 24.9. The molecule has 0 radical (unpaired) electrons. The van der Waals surface area contributed by atoms with Crippen molar-refractivity contribution in [2.45, 2.75) is 171 Å². The molecule has 0 bridgehead atoms. The lowest BCUT2D eigenvalue weighted by Gasteiger charge is -2.60. The van der Waals surface area contributed by atoms with Crippen molar-refractivity contribution in [2.24, 2.45) is 46.3 Å². The Hall–Kier alpha value is -0.820. The molecule has 0 unspecified atom stereocenters. The van der Waals surface area contributed by atoms with Crippen LogP contribution in [0, 0.1) is 46.3 Å². The van der Waals surface area contributed by atoms with Crippen molar-refractivity contribution in [3.8, 4) is 0 Å². The predicted octanol–water partition coefficient (Wildman–Crippen LogP) is 0.315. The third kappa shape index (κ3) is 6.67. The van der Waals surface area contributed by atoms with E-state index in [0.717, 1.165) is 31.3 Å². The van der Waals surface area contributed by atoms with Gasteiger partial charge in [0.1, 0.15) is 42.7 Å². The fraction of sp³-hybridized carbons (Fsp3) is 0.949. The highest BCUT2D eigenvalue weighted by Crippen LogP contribution is 2.70. The minimum Gasteiger partial charge on any atom is -0.394 e. The fourth-order valence-corrected chi connectivity index (χ4v) is 12.1. The normalized spacial score (nSPS) is 55.8. The van der Waals surface area contributed by atoms with Crippen LogP contribution in [0.4, 0.5) is 0 Å². The topological polar surface area (TPSA) is 228 Å². The predicted molar refractivity (Wildman–Crippen MR) is 186 cm³/mol. The molecule has 0 aromatic carbocycles. The van der Waals surface area contributed by atoms with E-state index in [2.05, 4.69) is 26.8 Å². The molecule has 3 heterocycles. The summed E-state index contributed by atoms with van der Waals surface area (Å²) < 4.78 is 30.3. The van der Waals surface area contributed by atoms with Crippen molar-refractivity contribution in [1.29, 1.82) is 0 Å². The maximum atomic E-state index is 12.0. The number of allylic oxidation sites excluding steroid dienone is 1. The Morgan fingerprint density at radius 1 is 0.887 bits per heavy atom. The first-order valence-electron chi connectivity index (χ1n) is 20.0. The third-order valence-corrected chi connectivity index (χ3v) is 15.3. The first kappa shape index (κ1) is 40.4. The molecule has 4 aliphatic carbocycles. The summed E-state index contributed by atoms with van der Waals surface area (Å²) in [6, 6.07) is 0. The fourth-order valence-electron chi connectivity index (χ4n) is 12.1. The van der Waals surface area contributed by atoms with E-state index in [1.807, 2.05) is 6.92 Å². The minimum absolute atomic E-state index is 0.000240. The Balaban J connectivity index is 1.01. The van der Waals surface area contributed by atoms with Gasteiger partial charge in [0.2, 0.25) is 0 Å². The van der Waals surface area contributed by atoms with Gasteiger partial charge in [-0.1, -0.05) is 39.3 Å². The monoisotopic (exact) mass is 756 g/mol. The van der Waals surface area contributed by atoms with Crippen molar-refractivity contribution in [2.75, 3.05) is 13.2 Å². The molecule has 14 nitrogen and oxygen atoms in total. The number of aliphatic hydroxyl groups excluding tert-OH is 8. The number of ether oxygens (including phenoxy) is 5.